The Hall–Kier alpha value is -0.770. The molecule has 4 nitrogen and oxygen atoms in total. The van der Waals surface area contributed by atoms with Crippen molar-refractivity contribution in [2.24, 2.45) is 17.6 Å². The van der Waals surface area contributed by atoms with Crippen LogP contribution in [-0.2, 0) is 0 Å². The van der Waals surface area contributed by atoms with E-state index >= 15 is 0 Å². The molecule has 3 N–H and O–H groups in total. The van der Waals surface area contributed by atoms with E-state index in [1.807, 2.05) is 4.90 Å². The standard InChI is InChI=1S/C9H17N3O/c1-9(2)7-4-11-3-6(7)5-12(9)8(10)13/h6-7,11H,3-5H2,1-2H3,(H2,10,13). The van der Waals surface area contributed by atoms with Crippen LogP contribution in [0.15, 0.2) is 0 Å². The largest absolute Gasteiger partial charge is 0.351 e. The Morgan fingerprint density at radius 3 is 2.77 bits per heavy atom. The number of carbonyl (C=O) groups is 1. The van der Waals surface area contributed by atoms with Gasteiger partial charge < -0.3 is 16.0 Å². The van der Waals surface area contributed by atoms with Gasteiger partial charge in [-0.15, -0.1) is 0 Å². The highest BCUT2D eigenvalue weighted by Crippen LogP contribution is 2.40. The molecule has 2 rings (SSSR count). The van der Waals surface area contributed by atoms with Crippen LogP contribution < -0.4 is 11.1 Å². The molecule has 74 valence electrons. The lowest BCUT2D eigenvalue weighted by molar-refractivity contribution is 0.154. The summed E-state index contributed by atoms with van der Waals surface area (Å²) in [4.78, 5) is 13.0. The summed E-state index contributed by atoms with van der Waals surface area (Å²) < 4.78 is 0. The topological polar surface area (TPSA) is 58.4 Å². The average Bonchev–Trinajstić information content (AvgIpc) is 2.52. The van der Waals surface area contributed by atoms with Crippen molar-refractivity contribution in [2.75, 3.05) is 19.6 Å². The zero-order valence-electron chi connectivity index (χ0n) is 8.21. The molecule has 0 radical (unpaired) electrons. The first-order valence-corrected chi connectivity index (χ1v) is 4.81. The summed E-state index contributed by atoms with van der Waals surface area (Å²) in [6.45, 7) is 7.07. The third-order valence-corrected chi connectivity index (χ3v) is 3.63. The predicted molar refractivity (Wildman–Crippen MR) is 50.2 cm³/mol. The number of hydrogen-bond acceptors (Lipinski definition) is 2. The molecule has 0 bridgehead atoms. The number of urea groups is 1. The van der Waals surface area contributed by atoms with Crippen LogP contribution in [0.2, 0.25) is 0 Å². The highest BCUT2D eigenvalue weighted by molar-refractivity contribution is 5.73. The lowest BCUT2D eigenvalue weighted by Crippen LogP contribution is -2.49. The zero-order valence-corrected chi connectivity index (χ0v) is 8.21. The lowest BCUT2D eigenvalue weighted by Gasteiger charge is -2.34. The van der Waals surface area contributed by atoms with Gasteiger partial charge in [0, 0.05) is 25.2 Å². The van der Waals surface area contributed by atoms with E-state index in [1.165, 1.54) is 0 Å². The molecule has 2 aliphatic heterocycles. The number of primary amides is 1. The smallest absolute Gasteiger partial charge is 0.315 e. The number of carbonyl (C=O) groups excluding carboxylic acids is 1. The van der Waals surface area contributed by atoms with Crippen LogP contribution in [0, 0.1) is 11.8 Å². The van der Waals surface area contributed by atoms with Crippen molar-refractivity contribution in [1.82, 2.24) is 10.2 Å². The molecular formula is C9H17N3O. The molecule has 0 aliphatic carbocycles. The quantitative estimate of drug-likeness (QED) is 0.555. The van der Waals surface area contributed by atoms with Gasteiger partial charge in [0.1, 0.15) is 0 Å². The molecule has 2 amide bonds. The number of likely N-dealkylation sites (tertiary alicyclic amines) is 1. The Labute approximate surface area is 78.5 Å². The molecule has 2 atom stereocenters. The van der Waals surface area contributed by atoms with E-state index in [1.54, 1.807) is 0 Å². The van der Waals surface area contributed by atoms with E-state index in [-0.39, 0.29) is 11.6 Å². The summed E-state index contributed by atoms with van der Waals surface area (Å²) in [7, 11) is 0. The Morgan fingerprint density at radius 2 is 2.23 bits per heavy atom. The van der Waals surface area contributed by atoms with E-state index in [4.69, 9.17) is 5.73 Å². The highest BCUT2D eigenvalue weighted by Gasteiger charge is 2.50. The van der Waals surface area contributed by atoms with Crippen molar-refractivity contribution in [3.05, 3.63) is 0 Å². The molecule has 0 saturated carbocycles. The number of rotatable bonds is 0. The number of nitrogens with one attached hydrogen (secondary N) is 1. The molecule has 0 aromatic heterocycles. The van der Waals surface area contributed by atoms with Crippen LogP contribution in [0.4, 0.5) is 4.79 Å². The van der Waals surface area contributed by atoms with Crippen molar-refractivity contribution in [1.29, 1.82) is 0 Å². The van der Waals surface area contributed by atoms with Gasteiger partial charge in [0.15, 0.2) is 0 Å². The van der Waals surface area contributed by atoms with Gasteiger partial charge in [0.05, 0.1) is 0 Å². The van der Waals surface area contributed by atoms with E-state index in [0.717, 1.165) is 19.6 Å². The summed E-state index contributed by atoms with van der Waals surface area (Å²) in [5.74, 6) is 1.17. The fourth-order valence-electron chi connectivity index (χ4n) is 2.80. The van der Waals surface area contributed by atoms with Gasteiger partial charge in [-0.2, -0.15) is 0 Å². The monoisotopic (exact) mass is 183 g/mol. The molecule has 0 aromatic rings. The lowest BCUT2D eigenvalue weighted by atomic mass is 9.85. The molecule has 0 spiro atoms. The number of fused-ring (bicyclic) bond motifs is 1. The van der Waals surface area contributed by atoms with Gasteiger partial charge >= 0.3 is 6.03 Å². The summed E-state index contributed by atoms with van der Waals surface area (Å²) in [6, 6.07) is -0.278. The SMILES string of the molecule is CC1(C)C2CNCC2CN1C(N)=O. The fourth-order valence-corrected chi connectivity index (χ4v) is 2.80. The van der Waals surface area contributed by atoms with Crippen molar-refractivity contribution < 1.29 is 4.79 Å². The van der Waals surface area contributed by atoms with Gasteiger partial charge in [-0.1, -0.05) is 0 Å². The van der Waals surface area contributed by atoms with Crippen LogP contribution in [-0.4, -0.2) is 36.1 Å². The van der Waals surface area contributed by atoms with Gasteiger partial charge in [0.2, 0.25) is 0 Å². The molecule has 2 fully saturated rings. The first-order chi connectivity index (χ1) is 6.03. The van der Waals surface area contributed by atoms with E-state index in [9.17, 15) is 4.79 Å². The minimum absolute atomic E-state index is 0.0694. The fraction of sp³-hybridized carbons (Fsp3) is 0.889. The third kappa shape index (κ3) is 1.12. The second kappa shape index (κ2) is 2.61. The molecule has 2 aliphatic rings. The summed E-state index contributed by atoms with van der Waals surface area (Å²) in [5.41, 5.74) is 5.27. The predicted octanol–water partition coefficient (Wildman–Crippen LogP) is -0.00510. The molecule has 13 heavy (non-hydrogen) atoms. The number of nitrogens with zero attached hydrogens (tertiary/aromatic N) is 1. The average molecular weight is 183 g/mol. The van der Waals surface area contributed by atoms with Crippen LogP contribution in [0.1, 0.15) is 13.8 Å². The first-order valence-electron chi connectivity index (χ1n) is 4.81. The number of nitrogens with two attached hydrogens (primary N) is 1. The van der Waals surface area contributed by atoms with Crippen LogP contribution in [0.3, 0.4) is 0 Å². The molecule has 4 heteroatoms. The molecule has 2 heterocycles. The Balaban J connectivity index is 2.23. The van der Waals surface area contributed by atoms with E-state index in [2.05, 4.69) is 19.2 Å². The molecule has 2 saturated heterocycles. The molecule has 2 unspecified atom stereocenters. The zero-order chi connectivity index (χ0) is 9.64. The van der Waals surface area contributed by atoms with Crippen molar-refractivity contribution in [2.45, 2.75) is 19.4 Å². The highest BCUT2D eigenvalue weighted by atomic mass is 16.2. The normalized spacial score (nSPS) is 36.3. The minimum atomic E-state index is -0.278. The van der Waals surface area contributed by atoms with Crippen molar-refractivity contribution in [3.63, 3.8) is 0 Å². The molecule has 0 aromatic carbocycles. The Morgan fingerprint density at radius 1 is 1.54 bits per heavy atom. The summed E-state index contributed by atoms with van der Waals surface area (Å²) in [5, 5.41) is 3.36. The Bertz CT molecular complexity index is 239. The van der Waals surface area contributed by atoms with Crippen LogP contribution in [0.5, 0.6) is 0 Å². The van der Waals surface area contributed by atoms with Gasteiger partial charge in [-0.25, -0.2) is 4.79 Å². The summed E-state index contributed by atoms with van der Waals surface area (Å²) in [6.07, 6.45) is 0. The maximum absolute atomic E-state index is 11.2. The maximum atomic E-state index is 11.2. The minimum Gasteiger partial charge on any atom is -0.351 e. The maximum Gasteiger partial charge on any atom is 0.315 e. The second-order valence-electron chi connectivity index (χ2n) is 4.63. The van der Waals surface area contributed by atoms with Crippen LogP contribution >= 0.6 is 0 Å². The van der Waals surface area contributed by atoms with E-state index < -0.39 is 0 Å². The van der Waals surface area contributed by atoms with Crippen molar-refractivity contribution >= 4 is 6.03 Å². The van der Waals surface area contributed by atoms with Gasteiger partial charge in [-0.3, -0.25) is 0 Å². The van der Waals surface area contributed by atoms with E-state index in [0.29, 0.717) is 11.8 Å². The number of hydrogen-bond donors (Lipinski definition) is 2. The van der Waals surface area contributed by atoms with Gasteiger partial charge in [0.25, 0.3) is 0 Å². The Kier molecular flexibility index (Phi) is 1.77. The number of amides is 2. The third-order valence-electron chi connectivity index (χ3n) is 3.63. The van der Waals surface area contributed by atoms with Crippen LogP contribution in [0.25, 0.3) is 0 Å². The summed E-state index contributed by atoms with van der Waals surface area (Å²) >= 11 is 0. The second-order valence-corrected chi connectivity index (χ2v) is 4.63. The van der Waals surface area contributed by atoms with Crippen molar-refractivity contribution in [3.8, 4) is 0 Å². The molecular weight excluding hydrogens is 166 g/mol. The first kappa shape index (κ1) is 8.81. The van der Waals surface area contributed by atoms with Gasteiger partial charge in [-0.05, 0) is 25.7 Å².